The van der Waals surface area contributed by atoms with Crippen molar-refractivity contribution in [3.8, 4) is 0 Å². The van der Waals surface area contributed by atoms with Crippen molar-refractivity contribution in [1.82, 2.24) is 4.98 Å². The number of nitrogen functional groups attached to an aromatic ring is 1. The molecule has 0 saturated heterocycles. The first-order valence-electron chi connectivity index (χ1n) is 5.36. The Balaban J connectivity index is 2.05. The summed E-state index contributed by atoms with van der Waals surface area (Å²) in [6.07, 6.45) is 0. The SMILES string of the molecule is Cc1nc(NCc2cccc(Br)c2)ccc1N. The van der Waals surface area contributed by atoms with Crippen LogP contribution >= 0.6 is 15.9 Å². The number of halogens is 1. The molecule has 0 saturated carbocycles. The zero-order valence-electron chi connectivity index (χ0n) is 9.57. The Labute approximate surface area is 109 Å². The second-order valence-electron chi connectivity index (χ2n) is 3.85. The molecule has 3 N–H and O–H groups in total. The van der Waals surface area contributed by atoms with E-state index >= 15 is 0 Å². The third-order valence-corrected chi connectivity index (χ3v) is 2.98. The normalized spacial score (nSPS) is 10.2. The van der Waals surface area contributed by atoms with Gasteiger partial charge in [-0.05, 0) is 36.8 Å². The number of anilines is 2. The van der Waals surface area contributed by atoms with Crippen LogP contribution in [0.15, 0.2) is 40.9 Å². The molecule has 0 bridgehead atoms. The van der Waals surface area contributed by atoms with Crippen LogP contribution in [0.2, 0.25) is 0 Å². The number of hydrogen-bond acceptors (Lipinski definition) is 3. The largest absolute Gasteiger partial charge is 0.397 e. The average Bonchev–Trinajstić information content (AvgIpc) is 2.31. The lowest BCUT2D eigenvalue weighted by molar-refractivity contribution is 1.09. The molecular weight excluding hydrogens is 278 g/mol. The molecule has 3 nitrogen and oxygen atoms in total. The van der Waals surface area contributed by atoms with Crippen molar-refractivity contribution in [3.63, 3.8) is 0 Å². The predicted molar refractivity (Wildman–Crippen MR) is 74.9 cm³/mol. The number of aromatic nitrogens is 1. The molecule has 0 spiro atoms. The number of pyridine rings is 1. The van der Waals surface area contributed by atoms with Crippen molar-refractivity contribution in [2.75, 3.05) is 11.1 Å². The Morgan fingerprint density at radius 2 is 2.12 bits per heavy atom. The van der Waals surface area contributed by atoms with E-state index in [4.69, 9.17) is 5.73 Å². The van der Waals surface area contributed by atoms with Gasteiger partial charge in [0.05, 0.1) is 11.4 Å². The molecule has 0 unspecified atom stereocenters. The molecule has 0 aliphatic rings. The Kier molecular flexibility index (Phi) is 3.64. The standard InChI is InChI=1S/C13H14BrN3/c1-9-12(15)5-6-13(17-9)16-8-10-3-2-4-11(14)7-10/h2-7H,8,15H2,1H3,(H,16,17). The first-order valence-corrected chi connectivity index (χ1v) is 6.16. The maximum Gasteiger partial charge on any atom is 0.126 e. The molecule has 0 aliphatic heterocycles. The van der Waals surface area contributed by atoms with Gasteiger partial charge in [0, 0.05) is 11.0 Å². The van der Waals surface area contributed by atoms with E-state index in [1.165, 1.54) is 5.56 Å². The van der Waals surface area contributed by atoms with Gasteiger partial charge in [0.1, 0.15) is 5.82 Å². The first kappa shape index (κ1) is 11.9. The van der Waals surface area contributed by atoms with Crippen LogP contribution in [0.1, 0.15) is 11.3 Å². The average molecular weight is 292 g/mol. The summed E-state index contributed by atoms with van der Waals surface area (Å²) in [5.41, 5.74) is 8.50. The first-order chi connectivity index (χ1) is 8.15. The minimum Gasteiger partial charge on any atom is -0.397 e. The summed E-state index contributed by atoms with van der Waals surface area (Å²) in [5.74, 6) is 0.844. The lowest BCUT2D eigenvalue weighted by atomic mass is 10.2. The molecule has 0 amide bonds. The van der Waals surface area contributed by atoms with Gasteiger partial charge in [-0.2, -0.15) is 0 Å². The third-order valence-electron chi connectivity index (χ3n) is 2.49. The highest BCUT2D eigenvalue weighted by molar-refractivity contribution is 9.10. The Morgan fingerprint density at radius 3 is 2.82 bits per heavy atom. The van der Waals surface area contributed by atoms with Crippen LogP contribution in [-0.2, 0) is 6.54 Å². The van der Waals surface area contributed by atoms with E-state index in [1.54, 1.807) is 0 Å². The Bertz CT molecular complexity index is 526. The molecule has 88 valence electrons. The second kappa shape index (κ2) is 5.19. The van der Waals surface area contributed by atoms with Gasteiger partial charge in [0.2, 0.25) is 0 Å². The van der Waals surface area contributed by atoms with Crippen LogP contribution in [0, 0.1) is 6.92 Å². The number of nitrogens with two attached hydrogens (primary N) is 1. The van der Waals surface area contributed by atoms with Crippen molar-refractivity contribution in [2.24, 2.45) is 0 Å². The summed E-state index contributed by atoms with van der Waals surface area (Å²) in [4.78, 5) is 4.36. The van der Waals surface area contributed by atoms with Gasteiger partial charge in [-0.15, -0.1) is 0 Å². The molecule has 0 atom stereocenters. The minimum atomic E-state index is 0.720. The van der Waals surface area contributed by atoms with E-state index in [2.05, 4.69) is 38.4 Å². The van der Waals surface area contributed by atoms with Crippen molar-refractivity contribution in [1.29, 1.82) is 0 Å². The smallest absolute Gasteiger partial charge is 0.126 e. The van der Waals surface area contributed by atoms with E-state index in [0.29, 0.717) is 0 Å². The lowest BCUT2D eigenvalue weighted by Crippen LogP contribution is -2.03. The number of rotatable bonds is 3. The monoisotopic (exact) mass is 291 g/mol. The van der Waals surface area contributed by atoms with Gasteiger partial charge in [-0.3, -0.25) is 0 Å². The molecule has 1 aromatic carbocycles. The van der Waals surface area contributed by atoms with E-state index in [1.807, 2.05) is 31.2 Å². The van der Waals surface area contributed by atoms with Crippen LogP contribution in [0.5, 0.6) is 0 Å². The quantitative estimate of drug-likeness (QED) is 0.912. The van der Waals surface area contributed by atoms with Crippen LogP contribution in [0.3, 0.4) is 0 Å². The van der Waals surface area contributed by atoms with Crippen LogP contribution in [-0.4, -0.2) is 4.98 Å². The summed E-state index contributed by atoms with van der Waals surface area (Å²) in [7, 11) is 0. The molecule has 2 aromatic rings. The summed E-state index contributed by atoms with van der Waals surface area (Å²) >= 11 is 3.45. The highest BCUT2D eigenvalue weighted by Gasteiger charge is 1.99. The van der Waals surface area contributed by atoms with E-state index < -0.39 is 0 Å². The number of nitrogens with one attached hydrogen (secondary N) is 1. The Hall–Kier alpha value is -1.55. The number of hydrogen-bond donors (Lipinski definition) is 2. The predicted octanol–water partition coefficient (Wildman–Crippen LogP) is 3.35. The zero-order chi connectivity index (χ0) is 12.3. The maximum atomic E-state index is 5.72. The zero-order valence-corrected chi connectivity index (χ0v) is 11.2. The van der Waals surface area contributed by atoms with Crippen LogP contribution in [0.25, 0.3) is 0 Å². The van der Waals surface area contributed by atoms with Gasteiger partial charge in [0.25, 0.3) is 0 Å². The second-order valence-corrected chi connectivity index (χ2v) is 4.77. The van der Waals surface area contributed by atoms with Crippen molar-refractivity contribution < 1.29 is 0 Å². The van der Waals surface area contributed by atoms with Gasteiger partial charge >= 0.3 is 0 Å². The van der Waals surface area contributed by atoms with Crippen molar-refractivity contribution >= 4 is 27.4 Å². The van der Waals surface area contributed by atoms with E-state index in [-0.39, 0.29) is 0 Å². The molecule has 1 heterocycles. The fraction of sp³-hybridized carbons (Fsp3) is 0.154. The molecule has 17 heavy (non-hydrogen) atoms. The van der Waals surface area contributed by atoms with Gasteiger partial charge in [-0.1, -0.05) is 28.1 Å². The van der Waals surface area contributed by atoms with Crippen molar-refractivity contribution in [3.05, 3.63) is 52.1 Å². The highest BCUT2D eigenvalue weighted by atomic mass is 79.9. The van der Waals surface area contributed by atoms with E-state index in [9.17, 15) is 0 Å². The molecule has 2 rings (SSSR count). The topological polar surface area (TPSA) is 50.9 Å². The number of benzene rings is 1. The molecule has 1 aromatic heterocycles. The molecular formula is C13H14BrN3. The third kappa shape index (κ3) is 3.20. The fourth-order valence-electron chi connectivity index (χ4n) is 1.51. The van der Waals surface area contributed by atoms with Gasteiger partial charge in [-0.25, -0.2) is 4.98 Å². The van der Waals surface area contributed by atoms with Crippen molar-refractivity contribution in [2.45, 2.75) is 13.5 Å². The summed E-state index contributed by atoms with van der Waals surface area (Å²) in [6.45, 7) is 2.65. The molecule has 0 fully saturated rings. The van der Waals surface area contributed by atoms with Crippen LogP contribution in [0.4, 0.5) is 11.5 Å². The van der Waals surface area contributed by atoms with Crippen LogP contribution < -0.4 is 11.1 Å². The number of nitrogens with zero attached hydrogens (tertiary/aromatic N) is 1. The summed E-state index contributed by atoms with van der Waals surface area (Å²) < 4.78 is 1.08. The maximum absolute atomic E-state index is 5.72. The molecule has 0 aliphatic carbocycles. The van der Waals surface area contributed by atoms with E-state index in [0.717, 1.165) is 28.2 Å². The molecule has 4 heteroatoms. The minimum absolute atomic E-state index is 0.720. The Morgan fingerprint density at radius 1 is 1.29 bits per heavy atom. The lowest BCUT2D eigenvalue weighted by Gasteiger charge is -2.07. The fourth-order valence-corrected chi connectivity index (χ4v) is 1.96. The van der Waals surface area contributed by atoms with Gasteiger partial charge < -0.3 is 11.1 Å². The summed E-state index contributed by atoms with van der Waals surface area (Å²) in [6, 6.07) is 11.9. The number of aryl methyl sites for hydroxylation is 1. The van der Waals surface area contributed by atoms with Gasteiger partial charge in [0.15, 0.2) is 0 Å². The summed E-state index contributed by atoms with van der Waals surface area (Å²) in [5, 5.41) is 3.27. The molecule has 0 radical (unpaired) electrons. The highest BCUT2D eigenvalue weighted by Crippen LogP contribution is 2.15.